The first kappa shape index (κ1) is 10.9. The van der Waals surface area contributed by atoms with Gasteiger partial charge in [-0.05, 0) is 20.8 Å². The molecule has 0 aliphatic rings. The summed E-state index contributed by atoms with van der Waals surface area (Å²) in [6.07, 6.45) is 1.92. The predicted octanol–water partition coefficient (Wildman–Crippen LogP) is 1.54. The fraction of sp³-hybridized carbons (Fsp3) is 0.600. The molecular weight excluding hydrogens is 178 g/mol. The number of aryl methyl sites for hydroxylation is 2. The minimum Gasteiger partial charge on any atom is -0.380 e. The lowest BCUT2D eigenvalue weighted by Crippen LogP contribution is -2.19. The van der Waals surface area contributed by atoms with E-state index in [0.29, 0.717) is 0 Å². The predicted molar refractivity (Wildman–Crippen MR) is 56.5 cm³/mol. The van der Waals surface area contributed by atoms with Crippen molar-refractivity contribution in [3.63, 3.8) is 0 Å². The van der Waals surface area contributed by atoms with Crippen molar-refractivity contribution in [2.24, 2.45) is 0 Å². The molecule has 0 fully saturated rings. The van der Waals surface area contributed by atoms with E-state index in [1.165, 1.54) is 0 Å². The number of methoxy groups -OCH3 is 1. The molecule has 0 radical (unpaired) electrons. The Morgan fingerprint density at radius 3 is 2.71 bits per heavy atom. The number of nitrogens with zero attached hydrogens (tertiary/aromatic N) is 2. The Balaban J connectivity index is 2.55. The average Bonchev–Trinajstić information content (AvgIpc) is 2.19. The van der Waals surface area contributed by atoms with E-state index in [4.69, 9.17) is 4.74 Å². The van der Waals surface area contributed by atoms with E-state index >= 15 is 0 Å². The van der Waals surface area contributed by atoms with Crippen LogP contribution in [0.25, 0.3) is 0 Å². The number of hydrogen-bond acceptors (Lipinski definition) is 4. The van der Waals surface area contributed by atoms with Crippen molar-refractivity contribution in [2.75, 3.05) is 19.0 Å². The zero-order valence-electron chi connectivity index (χ0n) is 9.16. The van der Waals surface area contributed by atoms with Gasteiger partial charge in [0.15, 0.2) is 0 Å². The summed E-state index contributed by atoms with van der Waals surface area (Å²) in [7, 11) is 1.69. The first-order chi connectivity index (χ1) is 6.63. The van der Waals surface area contributed by atoms with Crippen LogP contribution in [0.5, 0.6) is 0 Å². The second-order valence-corrected chi connectivity index (χ2v) is 3.35. The van der Waals surface area contributed by atoms with Gasteiger partial charge in [0.2, 0.25) is 0 Å². The summed E-state index contributed by atoms with van der Waals surface area (Å²) in [6, 6.07) is 0. The van der Waals surface area contributed by atoms with Crippen LogP contribution in [0.4, 0.5) is 5.82 Å². The largest absolute Gasteiger partial charge is 0.380 e. The minimum atomic E-state index is 0.179. The minimum absolute atomic E-state index is 0.179. The number of rotatable bonds is 4. The number of aromatic nitrogens is 2. The molecule has 4 nitrogen and oxygen atoms in total. The summed E-state index contributed by atoms with van der Waals surface area (Å²) in [6.45, 7) is 6.65. The van der Waals surface area contributed by atoms with Gasteiger partial charge in [0.05, 0.1) is 23.7 Å². The Morgan fingerprint density at radius 1 is 1.43 bits per heavy atom. The first-order valence-corrected chi connectivity index (χ1v) is 4.70. The van der Waals surface area contributed by atoms with Gasteiger partial charge >= 0.3 is 0 Å². The summed E-state index contributed by atoms with van der Waals surface area (Å²) < 4.78 is 5.12. The van der Waals surface area contributed by atoms with Crippen LogP contribution in [0, 0.1) is 13.8 Å². The Morgan fingerprint density at radius 2 is 2.14 bits per heavy atom. The molecule has 1 aromatic heterocycles. The molecule has 1 atom stereocenters. The number of nitrogens with one attached hydrogen (secondary N) is 1. The smallest absolute Gasteiger partial charge is 0.144 e. The maximum absolute atomic E-state index is 5.12. The summed E-state index contributed by atoms with van der Waals surface area (Å²) >= 11 is 0. The second kappa shape index (κ2) is 4.91. The maximum atomic E-state index is 5.12. The van der Waals surface area contributed by atoms with E-state index < -0.39 is 0 Å². The summed E-state index contributed by atoms with van der Waals surface area (Å²) in [5.41, 5.74) is 1.93. The van der Waals surface area contributed by atoms with Gasteiger partial charge in [-0.1, -0.05) is 0 Å². The molecule has 0 saturated heterocycles. The number of ether oxygens (including phenoxy) is 1. The van der Waals surface area contributed by atoms with Gasteiger partial charge in [-0.2, -0.15) is 0 Å². The number of hydrogen-bond donors (Lipinski definition) is 1. The highest BCUT2D eigenvalue weighted by molar-refractivity contribution is 5.33. The van der Waals surface area contributed by atoms with Crippen LogP contribution >= 0.6 is 0 Å². The Hall–Kier alpha value is -1.16. The van der Waals surface area contributed by atoms with Crippen LogP contribution in [-0.2, 0) is 4.74 Å². The van der Waals surface area contributed by atoms with Crippen molar-refractivity contribution in [3.05, 3.63) is 17.6 Å². The highest BCUT2D eigenvalue weighted by atomic mass is 16.5. The molecule has 0 aliphatic heterocycles. The zero-order valence-corrected chi connectivity index (χ0v) is 9.16. The molecule has 1 aromatic rings. The number of anilines is 1. The SMILES string of the molecule is COC(C)CNc1cnc(C)c(C)n1. The lowest BCUT2D eigenvalue weighted by Gasteiger charge is -2.11. The van der Waals surface area contributed by atoms with E-state index in [1.807, 2.05) is 20.8 Å². The third-order valence-electron chi connectivity index (χ3n) is 2.17. The van der Waals surface area contributed by atoms with Crippen LogP contribution in [0.2, 0.25) is 0 Å². The van der Waals surface area contributed by atoms with Crippen molar-refractivity contribution in [2.45, 2.75) is 26.9 Å². The van der Waals surface area contributed by atoms with Crippen molar-refractivity contribution >= 4 is 5.82 Å². The van der Waals surface area contributed by atoms with Gasteiger partial charge in [-0.15, -0.1) is 0 Å². The standard InChI is InChI=1S/C10H17N3O/c1-7(14-4)5-12-10-6-11-8(2)9(3)13-10/h6-7H,5H2,1-4H3,(H,12,13). The summed E-state index contributed by atoms with van der Waals surface area (Å²) in [5, 5.41) is 3.16. The van der Waals surface area contributed by atoms with Crippen LogP contribution in [0.1, 0.15) is 18.3 Å². The molecule has 0 aliphatic carbocycles. The maximum Gasteiger partial charge on any atom is 0.144 e. The van der Waals surface area contributed by atoms with E-state index in [9.17, 15) is 0 Å². The van der Waals surface area contributed by atoms with Crippen molar-refractivity contribution < 1.29 is 4.74 Å². The molecule has 0 bridgehead atoms. The summed E-state index contributed by atoms with van der Waals surface area (Å²) in [5.74, 6) is 0.803. The highest BCUT2D eigenvalue weighted by Gasteiger charge is 2.01. The van der Waals surface area contributed by atoms with Gasteiger partial charge in [-0.3, -0.25) is 4.98 Å². The second-order valence-electron chi connectivity index (χ2n) is 3.35. The zero-order chi connectivity index (χ0) is 10.6. The fourth-order valence-corrected chi connectivity index (χ4v) is 0.959. The van der Waals surface area contributed by atoms with Crippen molar-refractivity contribution in [1.29, 1.82) is 0 Å². The highest BCUT2D eigenvalue weighted by Crippen LogP contribution is 2.05. The van der Waals surface area contributed by atoms with E-state index in [1.54, 1.807) is 13.3 Å². The molecule has 1 heterocycles. The third-order valence-corrected chi connectivity index (χ3v) is 2.17. The summed E-state index contributed by atoms with van der Waals surface area (Å²) in [4.78, 5) is 8.57. The van der Waals surface area contributed by atoms with Gasteiger partial charge in [0.1, 0.15) is 5.82 Å². The normalized spacial score (nSPS) is 12.6. The molecule has 14 heavy (non-hydrogen) atoms. The van der Waals surface area contributed by atoms with Crippen LogP contribution in [-0.4, -0.2) is 29.7 Å². The van der Waals surface area contributed by atoms with Crippen LogP contribution in [0.15, 0.2) is 6.20 Å². The molecule has 78 valence electrons. The lowest BCUT2D eigenvalue weighted by atomic mass is 10.3. The molecule has 4 heteroatoms. The molecule has 1 N–H and O–H groups in total. The Labute approximate surface area is 84.7 Å². The van der Waals surface area contributed by atoms with Gasteiger partial charge in [0.25, 0.3) is 0 Å². The van der Waals surface area contributed by atoms with E-state index in [-0.39, 0.29) is 6.10 Å². The third kappa shape index (κ3) is 2.96. The van der Waals surface area contributed by atoms with Gasteiger partial charge in [-0.25, -0.2) is 4.98 Å². The first-order valence-electron chi connectivity index (χ1n) is 4.70. The van der Waals surface area contributed by atoms with Crippen molar-refractivity contribution in [3.8, 4) is 0 Å². The molecule has 1 rings (SSSR count). The lowest BCUT2D eigenvalue weighted by molar-refractivity contribution is 0.128. The van der Waals surface area contributed by atoms with Crippen molar-refractivity contribution in [1.82, 2.24) is 9.97 Å². The average molecular weight is 195 g/mol. The monoisotopic (exact) mass is 195 g/mol. The van der Waals surface area contributed by atoms with Gasteiger partial charge < -0.3 is 10.1 Å². The Bertz CT molecular complexity index is 301. The molecule has 0 aromatic carbocycles. The molecule has 0 amide bonds. The van der Waals surface area contributed by atoms with Crippen LogP contribution < -0.4 is 5.32 Å². The molecule has 1 unspecified atom stereocenters. The molecule has 0 spiro atoms. The van der Waals surface area contributed by atoms with Crippen LogP contribution in [0.3, 0.4) is 0 Å². The fourth-order valence-electron chi connectivity index (χ4n) is 0.959. The Kier molecular flexibility index (Phi) is 3.83. The molecular formula is C10H17N3O. The van der Waals surface area contributed by atoms with E-state index in [2.05, 4.69) is 15.3 Å². The topological polar surface area (TPSA) is 47.0 Å². The molecule has 0 saturated carbocycles. The van der Waals surface area contributed by atoms with E-state index in [0.717, 1.165) is 23.8 Å². The van der Waals surface area contributed by atoms with Gasteiger partial charge in [0, 0.05) is 13.7 Å². The quantitative estimate of drug-likeness (QED) is 0.791.